The van der Waals surface area contributed by atoms with Gasteiger partial charge in [-0.3, -0.25) is 9.78 Å². The number of hydrogen-bond donors (Lipinski definition) is 0. The van der Waals surface area contributed by atoms with E-state index >= 15 is 0 Å². The summed E-state index contributed by atoms with van der Waals surface area (Å²) in [5, 5.41) is 0.00629. The number of carbonyl (C=O) groups excluding carboxylic acids is 1. The van der Waals surface area contributed by atoms with Crippen LogP contribution in [0.1, 0.15) is 10.4 Å². The predicted molar refractivity (Wildman–Crippen MR) is 99.5 cm³/mol. The highest BCUT2D eigenvalue weighted by molar-refractivity contribution is 8.15. The molecule has 0 amide bonds. The highest BCUT2D eigenvalue weighted by Gasteiger charge is 2.12. The van der Waals surface area contributed by atoms with E-state index in [2.05, 4.69) is 9.97 Å². The van der Waals surface area contributed by atoms with Crippen LogP contribution < -0.4 is 0 Å². The molecular weight excluding hydrogens is 336 g/mol. The fourth-order valence-electron chi connectivity index (χ4n) is 2.37. The van der Waals surface area contributed by atoms with Crippen molar-refractivity contribution < 1.29 is 4.79 Å². The van der Waals surface area contributed by atoms with Gasteiger partial charge in [0.25, 0.3) is 0 Å². The van der Waals surface area contributed by atoms with Crippen LogP contribution in [0.4, 0.5) is 0 Å². The topological polar surface area (TPSA) is 42.9 Å². The van der Waals surface area contributed by atoms with E-state index < -0.39 is 0 Å². The molecule has 5 heteroatoms. The maximum atomic E-state index is 12.5. The number of nitrogens with zero attached hydrogens (tertiary/aromatic N) is 2. The third-order valence-electron chi connectivity index (χ3n) is 3.57. The largest absolute Gasteiger partial charge is 0.281 e. The molecule has 0 aliphatic heterocycles. The predicted octanol–water partition coefficient (Wildman–Crippen LogP) is 5.29. The van der Waals surface area contributed by atoms with Crippen molar-refractivity contribution in [1.29, 1.82) is 0 Å². The van der Waals surface area contributed by atoms with Gasteiger partial charge >= 0.3 is 0 Å². The molecule has 2 heterocycles. The second-order valence-electron chi connectivity index (χ2n) is 5.16. The zero-order valence-electron chi connectivity index (χ0n) is 12.5. The maximum Gasteiger partial charge on any atom is 0.226 e. The van der Waals surface area contributed by atoms with Gasteiger partial charge in [0.2, 0.25) is 5.12 Å². The van der Waals surface area contributed by atoms with Crippen LogP contribution in [-0.2, 0) is 0 Å². The Morgan fingerprint density at radius 1 is 0.917 bits per heavy atom. The lowest BCUT2D eigenvalue weighted by molar-refractivity contribution is 0.108. The Morgan fingerprint density at radius 2 is 1.75 bits per heavy atom. The second kappa shape index (κ2) is 6.55. The fraction of sp³-hybridized carbons (Fsp3) is 0. The molecule has 0 radical (unpaired) electrons. The van der Waals surface area contributed by atoms with Crippen molar-refractivity contribution in [1.82, 2.24) is 9.97 Å². The van der Waals surface area contributed by atoms with Gasteiger partial charge < -0.3 is 0 Å². The third-order valence-corrected chi connectivity index (χ3v) is 5.59. The van der Waals surface area contributed by atoms with E-state index in [1.54, 1.807) is 17.5 Å². The summed E-state index contributed by atoms with van der Waals surface area (Å²) in [6, 6.07) is 19.4. The van der Waals surface area contributed by atoms with Gasteiger partial charge in [-0.2, -0.15) is 0 Å². The number of pyridine rings is 1. The van der Waals surface area contributed by atoms with Crippen LogP contribution in [0.25, 0.3) is 21.3 Å². The normalized spacial score (nSPS) is 10.8. The molecular formula is C19H12N2OS2. The number of para-hydroxylation sites is 1. The standard InChI is InChI=1S/C19H12N2OS2/c22-18(24-19-21-16-5-1-2-6-17(16)23-19)14-9-7-13(8-10-14)15-4-3-11-20-12-15/h1-12H. The SMILES string of the molecule is O=C(Sc1nc2ccccc2s1)c1ccc(-c2cccnc2)cc1. The van der Waals surface area contributed by atoms with Crippen molar-refractivity contribution in [2.75, 3.05) is 0 Å². The van der Waals surface area contributed by atoms with E-state index in [1.165, 1.54) is 11.8 Å². The van der Waals surface area contributed by atoms with Crippen molar-refractivity contribution in [2.45, 2.75) is 4.34 Å². The molecule has 0 saturated heterocycles. The molecule has 0 fully saturated rings. The van der Waals surface area contributed by atoms with Crippen LogP contribution in [0.3, 0.4) is 0 Å². The summed E-state index contributed by atoms with van der Waals surface area (Å²) >= 11 is 2.72. The van der Waals surface area contributed by atoms with Crippen molar-refractivity contribution >= 4 is 38.4 Å². The summed E-state index contributed by atoms with van der Waals surface area (Å²) in [6.07, 6.45) is 3.56. The zero-order chi connectivity index (χ0) is 16.4. The molecule has 0 aliphatic carbocycles. The minimum atomic E-state index is 0.00629. The van der Waals surface area contributed by atoms with Gasteiger partial charge in [0, 0.05) is 18.0 Å². The molecule has 4 aromatic rings. The molecule has 24 heavy (non-hydrogen) atoms. The minimum Gasteiger partial charge on any atom is -0.281 e. The Morgan fingerprint density at radius 3 is 2.50 bits per heavy atom. The number of hydrogen-bond acceptors (Lipinski definition) is 5. The van der Waals surface area contributed by atoms with Crippen LogP contribution in [-0.4, -0.2) is 15.1 Å². The molecule has 2 aromatic carbocycles. The molecule has 3 nitrogen and oxygen atoms in total. The summed E-state index contributed by atoms with van der Waals surface area (Å²) in [5.41, 5.74) is 3.69. The molecule has 0 unspecified atom stereocenters. The summed E-state index contributed by atoms with van der Waals surface area (Å²) < 4.78 is 1.87. The van der Waals surface area contributed by atoms with Crippen molar-refractivity contribution in [3.8, 4) is 11.1 Å². The number of thioether (sulfide) groups is 1. The first-order chi connectivity index (χ1) is 11.8. The number of aromatic nitrogens is 2. The van der Waals surface area contributed by atoms with Gasteiger partial charge in [-0.15, -0.1) is 11.3 Å². The Kier molecular flexibility index (Phi) is 4.11. The van der Waals surface area contributed by atoms with Crippen molar-refractivity contribution in [3.63, 3.8) is 0 Å². The lowest BCUT2D eigenvalue weighted by Gasteiger charge is -2.02. The van der Waals surface area contributed by atoms with Crippen LogP contribution in [0, 0.1) is 0 Å². The highest BCUT2D eigenvalue weighted by Crippen LogP contribution is 2.31. The Bertz CT molecular complexity index is 962. The Labute approximate surface area is 147 Å². The van der Waals surface area contributed by atoms with Gasteiger partial charge in [-0.1, -0.05) is 30.3 Å². The monoisotopic (exact) mass is 348 g/mol. The lowest BCUT2D eigenvalue weighted by atomic mass is 10.1. The lowest BCUT2D eigenvalue weighted by Crippen LogP contribution is -1.92. The van der Waals surface area contributed by atoms with E-state index in [9.17, 15) is 4.79 Å². The molecule has 2 aromatic heterocycles. The first-order valence-corrected chi connectivity index (χ1v) is 9.01. The van der Waals surface area contributed by atoms with E-state index in [-0.39, 0.29) is 5.12 Å². The first-order valence-electron chi connectivity index (χ1n) is 7.38. The molecule has 4 rings (SSSR count). The molecule has 0 atom stereocenters. The average molecular weight is 348 g/mol. The number of benzene rings is 2. The molecule has 0 bridgehead atoms. The van der Waals surface area contributed by atoms with E-state index in [0.29, 0.717) is 5.56 Å². The number of carbonyl (C=O) groups is 1. The molecule has 0 aliphatic rings. The van der Waals surface area contributed by atoms with E-state index in [4.69, 9.17) is 0 Å². The summed E-state index contributed by atoms with van der Waals surface area (Å²) in [5.74, 6) is 0. The van der Waals surface area contributed by atoms with E-state index in [1.807, 2.05) is 66.9 Å². The minimum absolute atomic E-state index is 0.00629. The maximum absolute atomic E-state index is 12.5. The number of thiazole rings is 1. The highest BCUT2D eigenvalue weighted by atomic mass is 32.2. The number of rotatable bonds is 3. The van der Waals surface area contributed by atoms with Gasteiger partial charge in [0.1, 0.15) is 0 Å². The number of fused-ring (bicyclic) bond motifs is 1. The first kappa shape index (κ1) is 15.1. The third kappa shape index (κ3) is 3.09. The molecule has 0 N–H and O–H groups in total. The quantitative estimate of drug-likeness (QED) is 0.472. The second-order valence-corrected chi connectivity index (χ2v) is 7.41. The zero-order valence-corrected chi connectivity index (χ0v) is 14.2. The van der Waals surface area contributed by atoms with Gasteiger partial charge in [0.05, 0.1) is 10.2 Å². The molecule has 0 spiro atoms. The fourth-order valence-corrected chi connectivity index (χ4v) is 4.28. The van der Waals surface area contributed by atoms with E-state index in [0.717, 1.165) is 25.7 Å². The van der Waals surface area contributed by atoms with Gasteiger partial charge in [-0.25, -0.2) is 4.98 Å². The summed E-state index contributed by atoms with van der Waals surface area (Å²) in [4.78, 5) is 21.1. The smallest absolute Gasteiger partial charge is 0.226 e. The summed E-state index contributed by atoms with van der Waals surface area (Å²) in [7, 11) is 0. The Hall–Kier alpha value is -2.50. The molecule has 116 valence electrons. The van der Waals surface area contributed by atoms with Crippen molar-refractivity contribution in [2.24, 2.45) is 0 Å². The van der Waals surface area contributed by atoms with Gasteiger partial charge in [0.15, 0.2) is 4.34 Å². The van der Waals surface area contributed by atoms with Crippen LogP contribution in [0.2, 0.25) is 0 Å². The van der Waals surface area contributed by atoms with Crippen LogP contribution in [0.15, 0.2) is 77.4 Å². The van der Waals surface area contributed by atoms with Crippen molar-refractivity contribution in [3.05, 3.63) is 78.6 Å². The van der Waals surface area contributed by atoms with Gasteiger partial charge in [-0.05, 0) is 53.2 Å². The van der Waals surface area contributed by atoms with Crippen LogP contribution in [0.5, 0.6) is 0 Å². The summed E-state index contributed by atoms with van der Waals surface area (Å²) in [6.45, 7) is 0. The van der Waals surface area contributed by atoms with Crippen LogP contribution >= 0.6 is 23.1 Å². The molecule has 0 saturated carbocycles. The Balaban J connectivity index is 1.54. The average Bonchev–Trinajstić information content (AvgIpc) is 3.05.